The number of hydrogen-bond acceptors (Lipinski definition) is 6. The van der Waals surface area contributed by atoms with Crippen molar-refractivity contribution in [2.45, 2.75) is 38.3 Å². The predicted octanol–water partition coefficient (Wildman–Crippen LogP) is 5.26. The Bertz CT molecular complexity index is 1430. The van der Waals surface area contributed by atoms with Gasteiger partial charge in [0.1, 0.15) is 5.75 Å². The van der Waals surface area contributed by atoms with E-state index in [0.29, 0.717) is 53.6 Å². The van der Waals surface area contributed by atoms with Gasteiger partial charge in [-0.1, -0.05) is 17.7 Å². The first kappa shape index (κ1) is 29.7. The van der Waals surface area contributed by atoms with Gasteiger partial charge in [0.05, 0.1) is 7.11 Å². The Labute approximate surface area is 244 Å². The summed E-state index contributed by atoms with van der Waals surface area (Å²) in [5.74, 6) is 0.327. The first-order valence-electron chi connectivity index (χ1n) is 13.3. The Morgan fingerprint density at radius 2 is 1.59 bits per heavy atom. The number of rotatable bonds is 9. The van der Waals surface area contributed by atoms with Gasteiger partial charge in [0.15, 0.2) is 22.9 Å². The number of benzene rings is 3. The summed E-state index contributed by atoms with van der Waals surface area (Å²) >= 11 is 5.91. The molecule has 3 aromatic carbocycles. The van der Waals surface area contributed by atoms with Crippen molar-refractivity contribution >= 4 is 35.3 Å². The van der Waals surface area contributed by atoms with Crippen molar-refractivity contribution in [2.75, 3.05) is 20.2 Å². The molecule has 1 aliphatic heterocycles. The van der Waals surface area contributed by atoms with E-state index in [-0.39, 0.29) is 29.4 Å². The van der Waals surface area contributed by atoms with Crippen LogP contribution in [0.1, 0.15) is 48.2 Å². The minimum Gasteiger partial charge on any atom is -0.504 e. The van der Waals surface area contributed by atoms with E-state index in [4.69, 9.17) is 21.1 Å². The van der Waals surface area contributed by atoms with Crippen molar-refractivity contribution in [3.8, 4) is 17.2 Å². The molecule has 0 atom stereocenters. The Balaban J connectivity index is 1.26. The van der Waals surface area contributed by atoms with Crippen LogP contribution in [0.15, 0.2) is 72.8 Å². The van der Waals surface area contributed by atoms with E-state index in [1.807, 2.05) is 0 Å². The van der Waals surface area contributed by atoms with Crippen LogP contribution < -0.4 is 14.8 Å². The van der Waals surface area contributed by atoms with Gasteiger partial charge in [0.25, 0.3) is 5.91 Å². The molecule has 214 valence electrons. The second-order valence-corrected chi connectivity index (χ2v) is 10.7. The maximum absolute atomic E-state index is 13.1. The summed E-state index contributed by atoms with van der Waals surface area (Å²) in [6.45, 7) is 4.41. The fourth-order valence-corrected chi connectivity index (χ4v) is 4.58. The first-order chi connectivity index (χ1) is 19.6. The number of hydrogen-bond donors (Lipinski definition) is 2. The van der Waals surface area contributed by atoms with Crippen molar-refractivity contribution in [1.29, 1.82) is 0 Å². The zero-order chi connectivity index (χ0) is 29.6. The van der Waals surface area contributed by atoms with Crippen molar-refractivity contribution in [3.63, 3.8) is 0 Å². The fraction of sp³-hybridized carbons (Fsp3) is 0.281. The number of ketones is 1. The molecule has 1 heterocycles. The number of aromatic hydroxyl groups is 1. The number of methoxy groups -OCH3 is 1. The molecule has 9 heteroatoms. The van der Waals surface area contributed by atoms with Crippen LogP contribution in [0.25, 0.3) is 6.08 Å². The monoisotopic (exact) mass is 576 g/mol. The predicted molar refractivity (Wildman–Crippen MR) is 157 cm³/mol. The van der Waals surface area contributed by atoms with E-state index in [0.717, 1.165) is 5.56 Å². The van der Waals surface area contributed by atoms with Crippen LogP contribution in [0, 0.1) is 0 Å². The lowest BCUT2D eigenvalue weighted by atomic mass is 10.0. The second kappa shape index (κ2) is 12.9. The standard InChI is InChI=1S/C32H33ClN2O6/c1-32(2,41-26-12-8-23(9-13-26)30(38)22-6-10-24(33)11-7-22)31(39)34-25-16-18-35(19-17-25)29(37)15-5-21-4-14-27(36)28(20-21)40-3/h4-15,20,25,36H,16-19H2,1-3H3,(H,34,39)/b15-5+. The third kappa shape index (κ3) is 7.67. The molecule has 0 aromatic heterocycles. The van der Waals surface area contributed by atoms with Crippen LogP contribution in [0.4, 0.5) is 0 Å². The van der Waals surface area contributed by atoms with Crippen molar-refractivity contribution in [3.05, 3.63) is 94.5 Å². The average Bonchev–Trinajstić information content (AvgIpc) is 2.97. The number of nitrogens with one attached hydrogen (secondary N) is 1. The molecule has 0 spiro atoms. The highest BCUT2D eigenvalue weighted by Crippen LogP contribution is 2.27. The molecular formula is C32H33ClN2O6. The Hall–Kier alpha value is -4.30. The SMILES string of the molecule is COc1cc(/C=C/C(=O)N2CCC(NC(=O)C(C)(C)Oc3ccc(C(=O)c4ccc(Cl)cc4)cc3)CC2)ccc1O. The molecular weight excluding hydrogens is 544 g/mol. The maximum Gasteiger partial charge on any atom is 0.263 e. The number of phenolic OH excluding ortho intramolecular Hbond substituents is 1. The minimum absolute atomic E-state index is 0.0355. The lowest BCUT2D eigenvalue weighted by Crippen LogP contribution is -2.53. The van der Waals surface area contributed by atoms with E-state index in [2.05, 4.69) is 5.32 Å². The second-order valence-electron chi connectivity index (χ2n) is 10.3. The van der Waals surface area contributed by atoms with Crippen molar-refractivity contribution < 1.29 is 29.0 Å². The number of carbonyl (C=O) groups is 3. The van der Waals surface area contributed by atoms with Gasteiger partial charge in [-0.05, 0) is 99.0 Å². The molecule has 0 radical (unpaired) electrons. The first-order valence-corrected chi connectivity index (χ1v) is 13.7. The zero-order valence-corrected chi connectivity index (χ0v) is 24.0. The van der Waals surface area contributed by atoms with Crippen LogP contribution in [-0.4, -0.2) is 59.4 Å². The van der Waals surface area contributed by atoms with Gasteiger partial charge in [0, 0.05) is 41.4 Å². The van der Waals surface area contributed by atoms with Gasteiger partial charge >= 0.3 is 0 Å². The number of piperidine rings is 1. The molecule has 0 bridgehead atoms. The van der Waals surface area contributed by atoms with Gasteiger partial charge < -0.3 is 24.8 Å². The maximum atomic E-state index is 13.1. The van der Waals surface area contributed by atoms with E-state index in [1.54, 1.807) is 85.5 Å². The number of halogens is 1. The zero-order valence-electron chi connectivity index (χ0n) is 23.2. The molecule has 0 saturated carbocycles. The molecule has 0 unspecified atom stereocenters. The Morgan fingerprint density at radius 3 is 2.20 bits per heavy atom. The Morgan fingerprint density at radius 1 is 0.976 bits per heavy atom. The lowest BCUT2D eigenvalue weighted by molar-refractivity contribution is -0.135. The summed E-state index contributed by atoms with van der Waals surface area (Å²) in [6, 6.07) is 18.1. The summed E-state index contributed by atoms with van der Waals surface area (Å²) in [4.78, 5) is 40.2. The van der Waals surface area contributed by atoms with Crippen LogP contribution >= 0.6 is 11.6 Å². The highest BCUT2D eigenvalue weighted by Gasteiger charge is 2.33. The molecule has 1 saturated heterocycles. The minimum atomic E-state index is -1.15. The van der Waals surface area contributed by atoms with Crippen LogP contribution in [0.3, 0.4) is 0 Å². The van der Waals surface area contributed by atoms with E-state index in [9.17, 15) is 19.5 Å². The third-order valence-electron chi connectivity index (χ3n) is 6.91. The molecule has 3 aromatic rings. The number of carbonyl (C=O) groups excluding carboxylic acids is 3. The molecule has 8 nitrogen and oxygen atoms in total. The molecule has 2 N–H and O–H groups in total. The molecule has 1 aliphatic rings. The van der Waals surface area contributed by atoms with E-state index < -0.39 is 5.60 Å². The van der Waals surface area contributed by atoms with Gasteiger partial charge in [-0.25, -0.2) is 0 Å². The summed E-state index contributed by atoms with van der Waals surface area (Å²) in [6.07, 6.45) is 4.42. The van der Waals surface area contributed by atoms with Crippen molar-refractivity contribution in [1.82, 2.24) is 10.2 Å². The molecule has 0 aliphatic carbocycles. The van der Waals surface area contributed by atoms with Crippen molar-refractivity contribution in [2.24, 2.45) is 0 Å². The number of likely N-dealkylation sites (tertiary alicyclic amines) is 1. The quantitative estimate of drug-likeness (QED) is 0.266. The molecule has 2 amide bonds. The largest absolute Gasteiger partial charge is 0.504 e. The number of amides is 2. The lowest BCUT2D eigenvalue weighted by Gasteiger charge is -2.34. The van der Waals surface area contributed by atoms with Crippen LogP contribution in [0.5, 0.6) is 17.2 Å². The summed E-state index contributed by atoms with van der Waals surface area (Å²) in [5, 5.41) is 13.3. The highest BCUT2D eigenvalue weighted by atomic mass is 35.5. The number of phenols is 1. The molecule has 4 rings (SSSR count). The van der Waals surface area contributed by atoms with E-state index >= 15 is 0 Å². The summed E-state index contributed by atoms with van der Waals surface area (Å²) in [5.41, 5.74) is 0.619. The van der Waals surface area contributed by atoms with Crippen LogP contribution in [0.2, 0.25) is 5.02 Å². The molecule has 1 fully saturated rings. The van der Waals surface area contributed by atoms with Gasteiger partial charge in [-0.15, -0.1) is 0 Å². The number of ether oxygens (including phenoxy) is 2. The van der Waals surface area contributed by atoms with E-state index in [1.165, 1.54) is 19.3 Å². The normalized spacial score (nSPS) is 14.1. The number of nitrogens with zero attached hydrogens (tertiary/aromatic N) is 1. The summed E-state index contributed by atoms with van der Waals surface area (Å²) in [7, 11) is 1.47. The summed E-state index contributed by atoms with van der Waals surface area (Å²) < 4.78 is 11.1. The van der Waals surface area contributed by atoms with Gasteiger partial charge in [-0.3, -0.25) is 14.4 Å². The topological polar surface area (TPSA) is 105 Å². The Kier molecular flexibility index (Phi) is 9.35. The third-order valence-corrected chi connectivity index (χ3v) is 7.16. The van der Waals surface area contributed by atoms with Gasteiger partial charge in [0.2, 0.25) is 5.91 Å². The molecule has 41 heavy (non-hydrogen) atoms. The smallest absolute Gasteiger partial charge is 0.263 e. The fourth-order valence-electron chi connectivity index (χ4n) is 4.46. The van der Waals surface area contributed by atoms with Crippen LogP contribution in [-0.2, 0) is 9.59 Å². The highest BCUT2D eigenvalue weighted by molar-refractivity contribution is 6.30. The average molecular weight is 577 g/mol. The van der Waals surface area contributed by atoms with Gasteiger partial charge in [-0.2, -0.15) is 0 Å².